The highest BCUT2D eigenvalue weighted by molar-refractivity contribution is 5.30. The van der Waals surface area contributed by atoms with Crippen LogP contribution in [0.4, 0.5) is 4.39 Å². The Labute approximate surface area is 97.8 Å². The molecular formula is C11H13FN4O. The van der Waals surface area contributed by atoms with Gasteiger partial charge in [0.15, 0.2) is 11.6 Å². The van der Waals surface area contributed by atoms with Gasteiger partial charge < -0.3 is 10.5 Å². The number of aromatic nitrogens is 3. The van der Waals surface area contributed by atoms with Crippen LogP contribution in [0, 0.1) is 5.82 Å². The standard InChI is InChI=1S/C11H13FN4O/c1-17-11-3-2-7(4-8(11)12)5-9(13)10-6-14-16-15-10/h2-4,6,9H,5,13H2,1H3,(H,14,15,16). The van der Waals surface area contributed by atoms with Gasteiger partial charge in [0.2, 0.25) is 0 Å². The lowest BCUT2D eigenvalue weighted by atomic mass is 10.0. The molecule has 0 saturated heterocycles. The summed E-state index contributed by atoms with van der Waals surface area (Å²) >= 11 is 0. The lowest BCUT2D eigenvalue weighted by Crippen LogP contribution is -2.14. The van der Waals surface area contributed by atoms with E-state index in [1.54, 1.807) is 18.3 Å². The maximum absolute atomic E-state index is 13.4. The molecule has 1 unspecified atom stereocenters. The number of rotatable bonds is 4. The van der Waals surface area contributed by atoms with Crippen LogP contribution in [0.3, 0.4) is 0 Å². The summed E-state index contributed by atoms with van der Waals surface area (Å²) in [6.45, 7) is 0. The lowest BCUT2D eigenvalue weighted by Gasteiger charge is -2.09. The molecule has 0 spiro atoms. The molecule has 3 N–H and O–H groups in total. The number of benzene rings is 1. The van der Waals surface area contributed by atoms with Crippen molar-refractivity contribution < 1.29 is 9.13 Å². The minimum absolute atomic E-state index is 0.226. The molecule has 1 heterocycles. The quantitative estimate of drug-likeness (QED) is 0.836. The summed E-state index contributed by atoms with van der Waals surface area (Å²) in [6, 6.07) is 4.47. The molecule has 2 aromatic rings. The number of ether oxygens (including phenoxy) is 1. The second-order valence-electron chi connectivity index (χ2n) is 3.67. The molecule has 0 aliphatic carbocycles. The van der Waals surface area contributed by atoms with Crippen LogP contribution in [-0.4, -0.2) is 22.5 Å². The van der Waals surface area contributed by atoms with Crippen molar-refractivity contribution in [3.05, 3.63) is 41.5 Å². The van der Waals surface area contributed by atoms with E-state index in [4.69, 9.17) is 10.5 Å². The molecule has 1 atom stereocenters. The van der Waals surface area contributed by atoms with Crippen LogP contribution in [0.1, 0.15) is 17.3 Å². The fourth-order valence-electron chi connectivity index (χ4n) is 1.58. The zero-order valence-corrected chi connectivity index (χ0v) is 9.35. The minimum Gasteiger partial charge on any atom is -0.494 e. The summed E-state index contributed by atoms with van der Waals surface area (Å²) in [5.74, 6) is -0.166. The number of nitrogens with zero attached hydrogens (tertiary/aromatic N) is 2. The van der Waals surface area contributed by atoms with Crippen molar-refractivity contribution in [2.24, 2.45) is 5.73 Å². The number of hydrogen-bond acceptors (Lipinski definition) is 4. The van der Waals surface area contributed by atoms with Crippen molar-refractivity contribution in [2.45, 2.75) is 12.5 Å². The Morgan fingerprint density at radius 1 is 1.53 bits per heavy atom. The number of H-pyrrole nitrogens is 1. The molecule has 0 saturated carbocycles. The van der Waals surface area contributed by atoms with Crippen molar-refractivity contribution in [2.75, 3.05) is 7.11 Å². The first-order valence-electron chi connectivity index (χ1n) is 5.14. The zero-order valence-electron chi connectivity index (χ0n) is 9.35. The van der Waals surface area contributed by atoms with Crippen molar-refractivity contribution in [1.82, 2.24) is 15.4 Å². The van der Waals surface area contributed by atoms with Gasteiger partial charge in [0.25, 0.3) is 0 Å². The van der Waals surface area contributed by atoms with E-state index in [1.807, 2.05) is 0 Å². The Balaban J connectivity index is 2.11. The molecule has 1 aromatic heterocycles. The van der Waals surface area contributed by atoms with Crippen LogP contribution < -0.4 is 10.5 Å². The maximum atomic E-state index is 13.4. The molecule has 5 nitrogen and oxygen atoms in total. The van der Waals surface area contributed by atoms with Crippen LogP contribution in [0.5, 0.6) is 5.75 Å². The highest BCUT2D eigenvalue weighted by atomic mass is 19.1. The van der Waals surface area contributed by atoms with Gasteiger partial charge in [-0.05, 0) is 24.1 Å². The number of nitrogens with one attached hydrogen (secondary N) is 1. The van der Waals surface area contributed by atoms with Crippen LogP contribution in [0.2, 0.25) is 0 Å². The molecule has 0 aliphatic heterocycles. The van der Waals surface area contributed by atoms with E-state index in [0.717, 1.165) is 5.56 Å². The van der Waals surface area contributed by atoms with E-state index in [1.165, 1.54) is 13.2 Å². The number of aromatic amines is 1. The van der Waals surface area contributed by atoms with Gasteiger partial charge in [0.05, 0.1) is 25.0 Å². The van der Waals surface area contributed by atoms with E-state index >= 15 is 0 Å². The number of methoxy groups -OCH3 is 1. The maximum Gasteiger partial charge on any atom is 0.165 e. The first-order valence-corrected chi connectivity index (χ1v) is 5.14. The van der Waals surface area contributed by atoms with Gasteiger partial charge in [0, 0.05) is 0 Å². The summed E-state index contributed by atoms with van der Waals surface area (Å²) in [6.07, 6.45) is 2.05. The normalized spacial score (nSPS) is 12.4. The molecule has 1 aromatic carbocycles. The zero-order chi connectivity index (χ0) is 12.3. The van der Waals surface area contributed by atoms with Gasteiger partial charge in [-0.15, -0.1) is 0 Å². The van der Waals surface area contributed by atoms with E-state index in [2.05, 4.69) is 15.4 Å². The molecule has 0 bridgehead atoms. The average molecular weight is 236 g/mol. The van der Waals surface area contributed by atoms with Crippen LogP contribution in [0.25, 0.3) is 0 Å². The third-order valence-electron chi connectivity index (χ3n) is 2.49. The summed E-state index contributed by atoms with van der Waals surface area (Å²) < 4.78 is 18.3. The number of hydrogen-bond donors (Lipinski definition) is 2. The highest BCUT2D eigenvalue weighted by Crippen LogP contribution is 2.20. The molecule has 0 aliphatic rings. The van der Waals surface area contributed by atoms with Crippen LogP contribution in [0.15, 0.2) is 24.4 Å². The Morgan fingerprint density at radius 2 is 2.35 bits per heavy atom. The fourth-order valence-corrected chi connectivity index (χ4v) is 1.58. The SMILES string of the molecule is COc1ccc(CC(N)c2cn[nH]n2)cc1F. The van der Waals surface area contributed by atoms with Crippen LogP contribution in [-0.2, 0) is 6.42 Å². The Kier molecular flexibility index (Phi) is 3.34. The van der Waals surface area contributed by atoms with Gasteiger partial charge in [-0.1, -0.05) is 6.07 Å². The van der Waals surface area contributed by atoms with Crippen molar-refractivity contribution in [1.29, 1.82) is 0 Å². The summed E-state index contributed by atoms with van der Waals surface area (Å²) in [5.41, 5.74) is 7.36. The van der Waals surface area contributed by atoms with E-state index < -0.39 is 5.82 Å². The third kappa shape index (κ3) is 2.59. The second-order valence-corrected chi connectivity index (χ2v) is 3.67. The fraction of sp³-hybridized carbons (Fsp3) is 0.273. The molecule has 0 radical (unpaired) electrons. The second kappa shape index (κ2) is 4.92. The first kappa shape index (κ1) is 11.5. The van der Waals surface area contributed by atoms with Gasteiger partial charge in [-0.2, -0.15) is 15.4 Å². The Morgan fingerprint density at radius 3 is 2.94 bits per heavy atom. The van der Waals surface area contributed by atoms with Crippen molar-refractivity contribution in [3.8, 4) is 5.75 Å². The van der Waals surface area contributed by atoms with Crippen molar-refractivity contribution in [3.63, 3.8) is 0 Å². The Hall–Kier alpha value is -1.95. The van der Waals surface area contributed by atoms with Gasteiger partial charge >= 0.3 is 0 Å². The van der Waals surface area contributed by atoms with Gasteiger partial charge in [0.1, 0.15) is 0 Å². The van der Waals surface area contributed by atoms with Crippen LogP contribution >= 0.6 is 0 Å². The van der Waals surface area contributed by atoms with Gasteiger partial charge in [-0.3, -0.25) is 0 Å². The Bertz CT molecular complexity index is 486. The largest absolute Gasteiger partial charge is 0.494 e. The summed E-state index contributed by atoms with van der Waals surface area (Å²) in [7, 11) is 1.43. The predicted molar refractivity (Wildman–Crippen MR) is 60.0 cm³/mol. The molecule has 17 heavy (non-hydrogen) atoms. The third-order valence-corrected chi connectivity index (χ3v) is 2.49. The number of nitrogens with two attached hydrogens (primary N) is 1. The van der Waals surface area contributed by atoms with Crippen molar-refractivity contribution >= 4 is 0 Å². The minimum atomic E-state index is -0.391. The molecule has 0 fully saturated rings. The monoisotopic (exact) mass is 236 g/mol. The molecule has 0 amide bonds. The molecule has 90 valence electrons. The molecule has 2 rings (SSSR count). The highest BCUT2D eigenvalue weighted by Gasteiger charge is 2.11. The van der Waals surface area contributed by atoms with E-state index in [0.29, 0.717) is 12.1 Å². The average Bonchev–Trinajstić information content (AvgIpc) is 2.82. The molecule has 6 heteroatoms. The van der Waals surface area contributed by atoms with E-state index in [9.17, 15) is 4.39 Å². The molecular weight excluding hydrogens is 223 g/mol. The lowest BCUT2D eigenvalue weighted by molar-refractivity contribution is 0.386. The summed E-state index contributed by atoms with van der Waals surface area (Å²) in [5, 5.41) is 10.1. The smallest absolute Gasteiger partial charge is 0.165 e. The topological polar surface area (TPSA) is 76.8 Å². The van der Waals surface area contributed by atoms with Gasteiger partial charge in [-0.25, -0.2) is 4.39 Å². The first-order chi connectivity index (χ1) is 8.20. The number of halogens is 1. The summed E-state index contributed by atoms with van der Waals surface area (Å²) in [4.78, 5) is 0. The predicted octanol–water partition coefficient (Wildman–Crippen LogP) is 1.19. The van der Waals surface area contributed by atoms with E-state index in [-0.39, 0.29) is 11.8 Å².